The molecule has 0 bridgehead atoms. The van der Waals surface area contributed by atoms with Crippen molar-refractivity contribution in [1.29, 1.82) is 0 Å². The molecule has 0 unspecified atom stereocenters. The fraction of sp³-hybridized carbons (Fsp3) is 0.154. The highest BCUT2D eigenvalue weighted by Gasteiger charge is 2.16. The number of halogens is 1. The summed E-state index contributed by atoms with van der Waals surface area (Å²) in [6.45, 7) is 3.52. The van der Waals surface area contributed by atoms with E-state index < -0.39 is 5.82 Å². The van der Waals surface area contributed by atoms with Crippen LogP contribution in [0.1, 0.15) is 11.3 Å². The average molecular weight is 232 g/mol. The van der Waals surface area contributed by atoms with E-state index in [1.807, 2.05) is 6.92 Å². The minimum Gasteiger partial charge on any atom is -0.618 e. The second-order valence-electron chi connectivity index (χ2n) is 4.02. The molecule has 1 aromatic carbocycles. The summed E-state index contributed by atoms with van der Waals surface area (Å²) in [5.41, 5.74) is 8.24. The van der Waals surface area contributed by atoms with Crippen molar-refractivity contribution in [2.24, 2.45) is 0 Å². The molecule has 4 heteroatoms. The molecule has 0 aliphatic carbocycles. The number of hydrogen-bond donors (Lipinski definition) is 1. The molecule has 0 radical (unpaired) electrons. The van der Waals surface area contributed by atoms with Crippen LogP contribution in [0.25, 0.3) is 11.1 Å². The maximum Gasteiger partial charge on any atom is 0.197 e. The molecule has 88 valence electrons. The Labute approximate surface area is 98.9 Å². The summed E-state index contributed by atoms with van der Waals surface area (Å²) in [4.78, 5) is 0. The highest BCUT2D eigenvalue weighted by Crippen LogP contribution is 2.28. The third-order valence-corrected chi connectivity index (χ3v) is 2.81. The van der Waals surface area contributed by atoms with E-state index in [9.17, 15) is 9.60 Å². The third-order valence-electron chi connectivity index (χ3n) is 2.81. The topological polar surface area (TPSA) is 53.0 Å². The van der Waals surface area contributed by atoms with Gasteiger partial charge >= 0.3 is 0 Å². The van der Waals surface area contributed by atoms with Gasteiger partial charge in [0.1, 0.15) is 5.82 Å². The highest BCUT2D eigenvalue weighted by molar-refractivity contribution is 5.70. The van der Waals surface area contributed by atoms with Gasteiger partial charge in [-0.25, -0.2) is 4.39 Å². The van der Waals surface area contributed by atoms with Crippen molar-refractivity contribution in [2.75, 3.05) is 5.73 Å². The van der Waals surface area contributed by atoms with Gasteiger partial charge in [-0.3, -0.25) is 0 Å². The lowest BCUT2D eigenvalue weighted by Gasteiger charge is -2.11. The van der Waals surface area contributed by atoms with Crippen LogP contribution in [0.5, 0.6) is 0 Å². The normalized spacial score (nSPS) is 10.5. The van der Waals surface area contributed by atoms with Crippen LogP contribution in [-0.4, -0.2) is 0 Å². The number of nitrogen functional groups attached to an aromatic ring is 1. The Morgan fingerprint density at radius 1 is 1.24 bits per heavy atom. The largest absolute Gasteiger partial charge is 0.618 e. The average Bonchev–Trinajstić information content (AvgIpc) is 2.27. The molecule has 17 heavy (non-hydrogen) atoms. The molecule has 0 atom stereocenters. The SMILES string of the molecule is Cc1cc[n+]([O-])c(C)c1-c1ccc(N)cc1F. The van der Waals surface area contributed by atoms with Crippen molar-refractivity contribution < 1.29 is 9.12 Å². The molecule has 0 saturated heterocycles. The van der Waals surface area contributed by atoms with Crippen molar-refractivity contribution in [3.05, 3.63) is 52.7 Å². The van der Waals surface area contributed by atoms with Crippen LogP contribution in [-0.2, 0) is 0 Å². The zero-order chi connectivity index (χ0) is 12.6. The Hall–Kier alpha value is -2.10. The van der Waals surface area contributed by atoms with Crippen LogP contribution in [0.2, 0.25) is 0 Å². The first kappa shape index (κ1) is 11.4. The summed E-state index contributed by atoms with van der Waals surface area (Å²) in [5, 5.41) is 11.5. The Morgan fingerprint density at radius 3 is 2.59 bits per heavy atom. The first-order valence-electron chi connectivity index (χ1n) is 5.25. The predicted octanol–water partition coefficient (Wildman–Crippen LogP) is 2.33. The number of rotatable bonds is 1. The minimum absolute atomic E-state index is 0.368. The smallest absolute Gasteiger partial charge is 0.197 e. The van der Waals surface area contributed by atoms with Crippen LogP contribution in [0.15, 0.2) is 30.5 Å². The molecule has 0 aliphatic heterocycles. The van der Waals surface area contributed by atoms with Gasteiger partial charge in [0.15, 0.2) is 11.9 Å². The maximum absolute atomic E-state index is 13.8. The number of nitrogens with two attached hydrogens (primary N) is 1. The van der Waals surface area contributed by atoms with E-state index in [1.54, 1.807) is 25.1 Å². The Balaban J connectivity index is 2.72. The molecule has 3 nitrogen and oxygen atoms in total. The maximum atomic E-state index is 13.8. The summed E-state index contributed by atoms with van der Waals surface area (Å²) in [5.74, 6) is -0.414. The minimum atomic E-state index is -0.414. The van der Waals surface area contributed by atoms with Gasteiger partial charge in [0.05, 0.1) is 5.56 Å². The third kappa shape index (κ3) is 1.93. The fourth-order valence-corrected chi connectivity index (χ4v) is 1.91. The zero-order valence-electron chi connectivity index (χ0n) is 9.70. The molecular formula is C13H13FN2O. The van der Waals surface area contributed by atoms with E-state index in [-0.39, 0.29) is 0 Å². The van der Waals surface area contributed by atoms with Crippen molar-refractivity contribution in [3.8, 4) is 11.1 Å². The summed E-state index contributed by atoms with van der Waals surface area (Å²) in [7, 11) is 0. The zero-order valence-corrected chi connectivity index (χ0v) is 9.70. The van der Waals surface area contributed by atoms with E-state index in [2.05, 4.69) is 0 Å². The molecule has 0 saturated carbocycles. The van der Waals surface area contributed by atoms with Gasteiger partial charge < -0.3 is 10.9 Å². The Kier molecular flexibility index (Phi) is 2.71. The van der Waals surface area contributed by atoms with Gasteiger partial charge in [-0.1, -0.05) is 0 Å². The molecule has 0 spiro atoms. The molecule has 0 fully saturated rings. The van der Waals surface area contributed by atoms with E-state index in [1.165, 1.54) is 12.3 Å². The summed E-state index contributed by atoms with van der Waals surface area (Å²) >= 11 is 0. The van der Waals surface area contributed by atoms with E-state index in [0.717, 1.165) is 10.3 Å². The Morgan fingerprint density at radius 2 is 1.94 bits per heavy atom. The summed E-state index contributed by atoms with van der Waals surface area (Å²) in [6, 6.07) is 6.15. The Bertz CT molecular complexity index is 582. The van der Waals surface area contributed by atoms with Crippen molar-refractivity contribution in [2.45, 2.75) is 13.8 Å². The molecule has 2 rings (SSSR count). The van der Waals surface area contributed by atoms with Crippen molar-refractivity contribution >= 4 is 5.69 Å². The number of nitrogens with zero attached hydrogens (tertiary/aromatic N) is 1. The first-order chi connectivity index (χ1) is 8.00. The molecular weight excluding hydrogens is 219 g/mol. The molecule has 1 aromatic heterocycles. The lowest BCUT2D eigenvalue weighted by molar-refractivity contribution is -0.611. The first-order valence-corrected chi connectivity index (χ1v) is 5.25. The van der Waals surface area contributed by atoms with Gasteiger partial charge in [0, 0.05) is 24.2 Å². The molecule has 2 aromatic rings. The quantitative estimate of drug-likeness (QED) is 0.466. The van der Waals surface area contributed by atoms with E-state index in [0.29, 0.717) is 22.5 Å². The monoisotopic (exact) mass is 232 g/mol. The number of hydrogen-bond acceptors (Lipinski definition) is 2. The van der Waals surface area contributed by atoms with Gasteiger partial charge in [0.2, 0.25) is 0 Å². The van der Waals surface area contributed by atoms with Crippen LogP contribution >= 0.6 is 0 Å². The van der Waals surface area contributed by atoms with Crippen LogP contribution in [0, 0.1) is 24.9 Å². The lowest BCUT2D eigenvalue weighted by atomic mass is 9.99. The fourth-order valence-electron chi connectivity index (χ4n) is 1.91. The number of anilines is 1. The second kappa shape index (κ2) is 4.05. The predicted molar refractivity (Wildman–Crippen MR) is 64.7 cm³/mol. The van der Waals surface area contributed by atoms with Crippen LogP contribution in [0.4, 0.5) is 10.1 Å². The second-order valence-corrected chi connectivity index (χ2v) is 4.02. The molecule has 0 aliphatic rings. The standard InChI is InChI=1S/C13H13FN2O/c1-8-5-6-16(17)9(2)13(8)11-4-3-10(15)7-12(11)14/h3-7H,15H2,1-2H3. The van der Waals surface area contributed by atoms with Gasteiger partial charge in [0.25, 0.3) is 0 Å². The van der Waals surface area contributed by atoms with E-state index >= 15 is 0 Å². The molecule has 2 N–H and O–H groups in total. The summed E-state index contributed by atoms with van der Waals surface area (Å²) < 4.78 is 14.6. The molecule has 1 heterocycles. The highest BCUT2D eigenvalue weighted by atomic mass is 19.1. The van der Waals surface area contributed by atoms with Crippen LogP contribution in [0.3, 0.4) is 0 Å². The summed E-state index contributed by atoms with van der Waals surface area (Å²) in [6.07, 6.45) is 1.42. The number of aryl methyl sites for hydroxylation is 1. The van der Waals surface area contributed by atoms with Gasteiger partial charge in [-0.15, -0.1) is 0 Å². The number of aromatic nitrogens is 1. The van der Waals surface area contributed by atoms with Gasteiger partial charge in [-0.2, -0.15) is 4.73 Å². The molecule has 0 amide bonds. The van der Waals surface area contributed by atoms with Crippen LogP contribution < -0.4 is 10.5 Å². The van der Waals surface area contributed by atoms with E-state index in [4.69, 9.17) is 5.73 Å². The van der Waals surface area contributed by atoms with Crippen molar-refractivity contribution in [1.82, 2.24) is 0 Å². The van der Waals surface area contributed by atoms with Gasteiger partial charge in [-0.05, 0) is 30.7 Å². The van der Waals surface area contributed by atoms with Crippen molar-refractivity contribution in [3.63, 3.8) is 0 Å². The number of benzene rings is 1. The lowest BCUT2D eigenvalue weighted by Crippen LogP contribution is -2.30. The number of pyridine rings is 1.